The summed E-state index contributed by atoms with van der Waals surface area (Å²) < 4.78 is 7.59. The van der Waals surface area contributed by atoms with E-state index < -0.39 is 0 Å². The van der Waals surface area contributed by atoms with Crippen LogP contribution in [0.4, 0.5) is 0 Å². The summed E-state index contributed by atoms with van der Waals surface area (Å²) in [5, 5.41) is 1.16. The number of likely N-dealkylation sites (N-methyl/N-ethyl adjacent to an activating group) is 1. The maximum absolute atomic E-state index is 12.5. The van der Waals surface area contributed by atoms with Gasteiger partial charge in [-0.3, -0.25) is 4.79 Å². The van der Waals surface area contributed by atoms with Crippen LogP contribution in [0.5, 0.6) is 0 Å². The molecule has 0 aliphatic carbocycles. The number of hydrogen-bond donors (Lipinski definition) is 0. The summed E-state index contributed by atoms with van der Waals surface area (Å²) in [5.74, 6) is 1.74. The number of carbonyl (C=O) groups is 1. The molecular weight excluding hydrogens is 276 g/mol. The molecule has 1 aromatic carbocycles. The van der Waals surface area contributed by atoms with Gasteiger partial charge in [0.05, 0.1) is 6.54 Å². The summed E-state index contributed by atoms with van der Waals surface area (Å²) in [6.07, 6.45) is 0. The third-order valence-electron chi connectivity index (χ3n) is 3.93. The van der Waals surface area contributed by atoms with Crippen molar-refractivity contribution in [2.45, 2.75) is 26.9 Å². The Morgan fingerprint density at radius 2 is 1.95 bits per heavy atom. The van der Waals surface area contributed by atoms with E-state index >= 15 is 0 Å². The van der Waals surface area contributed by atoms with Gasteiger partial charge in [-0.2, -0.15) is 0 Å². The Kier molecular flexibility index (Phi) is 3.75. The van der Waals surface area contributed by atoms with Crippen molar-refractivity contribution >= 4 is 16.8 Å². The molecule has 2 heterocycles. The largest absolute Gasteiger partial charge is 0.464 e. The molecule has 0 atom stereocenters. The third-order valence-corrected chi connectivity index (χ3v) is 3.93. The normalized spacial score (nSPS) is 11.0. The Hall–Kier alpha value is -2.49. The van der Waals surface area contributed by atoms with Gasteiger partial charge in [0.1, 0.15) is 18.1 Å². The number of amides is 1. The number of nitrogens with zero attached hydrogens (tertiary/aromatic N) is 2. The lowest BCUT2D eigenvalue weighted by Gasteiger charge is -2.17. The van der Waals surface area contributed by atoms with E-state index in [2.05, 4.69) is 16.7 Å². The first kappa shape index (κ1) is 14.4. The number of fused-ring (bicyclic) bond motifs is 1. The highest BCUT2D eigenvalue weighted by atomic mass is 16.3. The van der Waals surface area contributed by atoms with E-state index in [1.54, 1.807) is 11.9 Å². The quantitative estimate of drug-likeness (QED) is 0.739. The molecule has 0 aliphatic rings. The van der Waals surface area contributed by atoms with E-state index in [0.717, 1.165) is 28.1 Å². The van der Waals surface area contributed by atoms with E-state index in [9.17, 15) is 4.79 Å². The molecule has 0 saturated carbocycles. The maximum Gasteiger partial charge on any atom is 0.242 e. The number of furan rings is 1. The Balaban J connectivity index is 1.76. The lowest BCUT2D eigenvalue weighted by molar-refractivity contribution is -0.131. The summed E-state index contributed by atoms with van der Waals surface area (Å²) in [4.78, 5) is 14.2. The van der Waals surface area contributed by atoms with Gasteiger partial charge in [-0.05, 0) is 43.5 Å². The zero-order valence-corrected chi connectivity index (χ0v) is 13.2. The van der Waals surface area contributed by atoms with Crippen molar-refractivity contribution in [3.63, 3.8) is 0 Å². The second kappa shape index (κ2) is 5.72. The fourth-order valence-electron chi connectivity index (χ4n) is 2.71. The van der Waals surface area contributed by atoms with Crippen LogP contribution in [0.15, 0.2) is 46.9 Å². The molecule has 0 spiro atoms. The Labute approximate surface area is 129 Å². The lowest BCUT2D eigenvalue weighted by atomic mass is 10.2. The highest BCUT2D eigenvalue weighted by molar-refractivity contribution is 5.84. The molecule has 3 aromatic rings. The van der Waals surface area contributed by atoms with E-state index in [0.29, 0.717) is 13.1 Å². The molecule has 1 amide bonds. The SMILES string of the molecule is Cc1ccc(CN(C)C(=O)Cn2c(C)cc3ccccc32)o1. The van der Waals surface area contributed by atoms with Crippen LogP contribution in [0, 0.1) is 13.8 Å². The fourth-order valence-corrected chi connectivity index (χ4v) is 2.71. The van der Waals surface area contributed by atoms with Crippen molar-refractivity contribution in [2.75, 3.05) is 7.05 Å². The number of aromatic nitrogens is 1. The zero-order chi connectivity index (χ0) is 15.7. The molecule has 0 N–H and O–H groups in total. The van der Waals surface area contributed by atoms with Crippen LogP contribution in [-0.4, -0.2) is 22.4 Å². The number of hydrogen-bond acceptors (Lipinski definition) is 2. The topological polar surface area (TPSA) is 38.4 Å². The number of carbonyl (C=O) groups excluding carboxylic acids is 1. The summed E-state index contributed by atoms with van der Waals surface area (Å²) in [5.41, 5.74) is 2.19. The fraction of sp³-hybridized carbons (Fsp3) is 0.278. The summed E-state index contributed by atoms with van der Waals surface area (Å²) >= 11 is 0. The summed E-state index contributed by atoms with van der Waals surface area (Å²) in [6, 6.07) is 14.1. The molecule has 2 aromatic heterocycles. The van der Waals surface area contributed by atoms with Gasteiger partial charge in [0.25, 0.3) is 0 Å². The first-order valence-electron chi connectivity index (χ1n) is 7.39. The molecule has 4 heteroatoms. The minimum Gasteiger partial charge on any atom is -0.464 e. The van der Waals surface area contributed by atoms with Gasteiger partial charge >= 0.3 is 0 Å². The van der Waals surface area contributed by atoms with Crippen molar-refractivity contribution in [1.82, 2.24) is 9.47 Å². The second-order valence-electron chi connectivity index (χ2n) is 5.69. The van der Waals surface area contributed by atoms with Gasteiger partial charge in [-0.25, -0.2) is 0 Å². The predicted molar refractivity (Wildman–Crippen MR) is 86.6 cm³/mol. The van der Waals surface area contributed by atoms with Crippen molar-refractivity contribution < 1.29 is 9.21 Å². The molecule has 22 heavy (non-hydrogen) atoms. The summed E-state index contributed by atoms with van der Waals surface area (Å²) in [6.45, 7) is 4.77. The number of rotatable bonds is 4. The second-order valence-corrected chi connectivity index (χ2v) is 5.69. The standard InChI is InChI=1S/C18H20N2O2/c1-13-10-15-6-4-5-7-17(15)20(13)12-18(21)19(3)11-16-9-8-14(2)22-16/h4-10H,11-12H2,1-3H3. The highest BCUT2D eigenvalue weighted by Crippen LogP contribution is 2.19. The van der Waals surface area contributed by atoms with Gasteiger partial charge in [0.15, 0.2) is 0 Å². The Morgan fingerprint density at radius 1 is 1.18 bits per heavy atom. The molecular formula is C18H20N2O2. The molecule has 0 fully saturated rings. The van der Waals surface area contributed by atoms with Gasteiger partial charge in [0.2, 0.25) is 5.91 Å². The van der Waals surface area contributed by atoms with Gasteiger partial charge in [0, 0.05) is 18.3 Å². The smallest absolute Gasteiger partial charge is 0.242 e. The van der Waals surface area contributed by atoms with Crippen molar-refractivity contribution in [1.29, 1.82) is 0 Å². The van der Waals surface area contributed by atoms with E-state index in [4.69, 9.17) is 4.42 Å². The molecule has 4 nitrogen and oxygen atoms in total. The Morgan fingerprint density at radius 3 is 2.68 bits per heavy atom. The molecule has 0 bridgehead atoms. The zero-order valence-electron chi connectivity index (χ0n) is 13.2. The molecule has 114 valence electrons. The van der Waals surface area contributed by atoms with Crippen LogP contribution < -0.4 is 0 Å². The van der Waals surface area contributed by atoms with Crippen LogP contribution in [0.1, 0.15) is 17.2 Å². The highest BCUT2D eigenvalue weighted by Gasteiger charge is 2.14. The minimum absolute atomic E-state index is 0.0681. The van der Waals surface area contributed by atoms with E-state index in [1.165, 1.54) is 0 Å². The average molecular weight is 296 g/mol. The van der Waals surface area contributed by atoms with Crippen LogP contribution in [0.2, 0.25) is 0 Å². The first-order chi connectivity index (χ1) is 10.5. The number of para-hydroxylation sites is 1. The van der Waals surface area contributed by atoms with Crippen molar-refractivity contribution in [2.24, 2.45) is 0 Å². The minimum atomic E-state index is 0.0681. The van der Waals surface area contributed by atoms with Crippen LogP contribution >= 0.6 is 0 Å². The molecule has 0 aliphatic heterocycles. The maximum atomic E-state index is 12.5. The average Bonchev–Trinajstić information content (AvgIpc) is 3.03. The van der Waals surface area contributed by atoms with Gasteiger partial charge in [-0.15, -0.1) is 0 Å². The third kappa shape index (κ3) is 2.77. The van der Waals surface area contributed by atoms with Crippen LogP contribution in [0.3, 0.4) is 0 Å². The lowest BCUT2D eigenvalue weighted by Crippen LogP contribution is -2.29. The van der Waals surface area contributed by atoms with Crippen LogP contribution in [0.25, 0.3) is 10.9 Å². The molecule has 0 radical (unpaired) electrons. The monoisotopic (exact) mass is 296 g/mol. The van der Waals surface area contributed by atoms with Gasteiger partial charge < -0.3 is 13.9 Å². The molecule has 3 rings (SSSR count). The van der Waals surface area contributed by atoms with Crippen LogP contribution in [-0.2, 0) is 17.9 Å². The van der Waals surface area contributed by atoms with E-state index in [-0.39, 0.29) is 5.91 Å². The van der Waals surface area contributed by atoms with E-state index in [1.807, 2.05) is 44.2 Å². The van der Waals surface area contributed by atoms with Crippen molar-refractivity contribution in [3.8, 4) is 0 Å². The Bertz CT molecular complexity index is 813. The first-order valence-corrected chi connectivity index (χ1v) is 7.39. The van der Waals surface area contributed by atoms with Crippen molar-refractivity contribution in [3.05, 3.63) is 59.7 Å². The molecule has 0 saturated heterocycles. The number of benzene rings is 1. The predicted octanol–water partition coefficient (Wildman–Crippen LogP) is 3.51. The summed E-state index contributed by atoms with van der Waals surface area (Å²) in [7, 11) is 1.81. The van der Waals surface area contributed by atoms with Gasteiger partial charge in [-0.1, -0.05) is 18.2 Å². The molecule has 0 unspecified atom stereocenters. The number of aryl methyl sites for hydroxylation is 2.